The highest BCUT2D eigenvalue weighted by Gasteiger charge is 2.11. The van der Waals surface area contributed by atoms with Crippen molar-refractivity contribution in [3.63, 3.8) is 0 Å². The number of anilines is 3. The monoisotopic (exact) mass is 256 g/mol. The number of nitrogens with two attached hydrogens (primary N) is 2. The van der Waals surface area contributed by atoms with Crippen LogP contribution in [-0.4, -0.2) is 10.9 Å². The quantitative estimate of drug-likeness (QED) is 0.717. The molecule has 2 aromatic rings. The zero-order valence-electron chi connectivity index (χ0n) is 10.9. The summed E-state index contributed by atoms with van der Waals surface area (Å²) in [6.45, 7) is 3.82. The third-order valence-electron chi connectivity index (χ3n) is 2.66. The lowest BCUT2D eigenvalue weighted by Crippen LogP contribution is -2.15. The van der Waals surface area contributed by atoms with Gasteiger partial charge in [0.1, 0.15) is 5.82 Å². The van der Waals surface area contributed by atoms with E-state index < -0.39 is 0 Å². The number of pyridine rings is 1. The number of nitrogens with zero attached hydrogens (tertiary/aromatic N) is 1. The molecular formula is C14H16N4O. The summed E-state index contributed by atoms with van der Waals surface area (Å²) < 4.78 is 0. The minimum absolute atomic E-state index is 0.296. The number of nitrogen functional groups attached to an aromatic ring is 2. The number of aromatic nitrogens is 1. The molecule has 0 saturated heterocycles. The maximum atomic E-state index is 12.1. The second-order valence-corrected chi connectivity index (χ2v) is 4.47. The Bertz CT molecular complexity index is 617. The summed E-state index contributed by atoms with van der Waals surface area (Å²) in [5, 5.41) is 2.73. The van der Waals surface area contributed by atoms with Crippen molar-refractivity contribution in [2.75, 3.05) is 16.8 Å². The average Bonchev–Trinajstić information content (AvgIpc) is 2.26. The molecule has 0 radical (unpaired) electrons. The normalized spacial score (nSPS) is 10.2. The molecule has 0 bridgehead atoms. The topological polar surface area (TPSA) is 94.0 Å². The van der Waals surface area contributed by atoms with Gasteiger partial charge in [0.2, 0.25) is 0 Å². The molecule has 0 unspecified atom stereocenters. The number of rotatable bonds is 2. The highest BCUT2D eigenvalue weighted by atomic mass is 16.1. The van der Waals surface area contributed by atoms with E-state index in [1.54, 1.807) is 24.3 Å². The van der Waals surface area contributed by atoms with Gasteiger partial charge in [-0.3, -0.25) is 4.79 Å². The fourth-order valence-corrected chi connectivity index (χ4v) is 1.88. The van der Waals surface area contributed by atoms with Gasteiger partial charge < -0.3 is 16.8 Å². The van der Waals surface area contributed by atoms with Crippen molar-refractivity contribution in [3.8, 4) is 0 Å². The van der Waals surface area contributed by atoms with Crippen molar-refractivity contribution in [3.05, 3.63) is 47.2 Å². The van der Waals surface area contributed by atoms with E-state index in [4.69, 9.17) is 11.5 Å². The summed E-state index contributed by atoms with van der Waals surface area (Å²) in [6.07, 6.45) is 0. The number of nitrogens with one attached hydrogen (secondary N) is 1. The summed E-state index contributed by atoms with van der Waals surface area (Å²) in [4.78, 5) is 16.3. The molecule has 0 aliphatic heterocycles. The molecule has 0 fully saturated rings. The Morgan fingerprint density at radius 3 is 2.53 bits per heavy atom. The summed E-state index contributed by atoms with van der Waals surface area (Å²) >= 11 is 0. The molecule has 1 heterocycles. The lowest BCUT2D eigenvalue weighted by Gasteiger charge is -2.08. The van der Waals surface area contributed by atoms with Crippen LogP contribution < -0.4 is 16.8 Å². The highest BCUT2D eigenvalue weighted by Crippen LogP contribution is 2.17. The van der Waals surface area contributed by atoms with Gasteiger partial charge in [0.25, 0.3) is 5.91 Å². The van der Waals surface area contributed by atoms with Crippen LogP contribution in [-0.2, 0) is 0 Å². The zero-order valence-corrected chi connectivity index (χ0v) is 10.9. The number of amides is 1. The lowest BCUT2D eigenvalue weighted by molar-refractivity contribution is 0.102. The van der Waals surface area contributed by atoms with Crippen LogP contribution >= 0.6 is 0 Å². The standard InChI is InChI=1S/C14H16N4O/c1-8-5-9(2)17-13(6-8)18-14(19)11-4-3-10(15)7-12(11)16/h3-7H,15-16H2,1-2H3,(H,17,18,19). The summed E-state index contributed by atoms with van der Waals surface area (Å²) in [6, 6.07) is 8.54. The third-order valence-corrected chi connectivity index (χ3v) is 2.66. The second kappa shape index (κ2) is 4.97. The molecule has 0 spiro atoms. The number of carbonyl (C=O) groups is 1. The van der Waals surface area contributed by atoms with Crippen LogP contribution in [0.25, 0.3) is 0 Å². The molecule has 19 heavy (non-hydrogen) atoms. The van der Waals surface area contributed by atoms with Crippen LogP contribution in [0.15, 0.2) is 30.3 Å². The molecular weight excluding hydrogens is 240 g/mol. The van der Waals surface area contributed by atoms with Crippen molar-refractivity contribution < 1.29 is 4.79 Å². The highest BCUT2D eigenvalue weighted by molar-refractivity contribution is 6.07. The van der Waals surface area contributed by atoms with Gasteiger partial charge in [0.05, 0.1) is 5.56 Å². The van der Waals surface area contributed by atoms with Crippen molar-refractivity contribution in [2.24, 2.45) is 0 Å². The molecule has 5 N–H and O–H groups in total. The fourth-order valence-electron chi connectivity index (χ4n) is 1.88. The van der Waals surface area contributed by atoms with Gasteiger partial charge in [-0.1, -0.05) is 0 Å². The molecule has 1 aromatic carbocycles. The van der Waals surface area contributed by atoms with E-state index in [9.17, 15) is 4.79 Å². The van der Waals surface area contributed by atoms with E-state index in [1.807, 2.05) is 19.9 Å². The Morgan fingerprint density at radius 1 is 1.16 bits per heavy atom. The molecule has 2 rings (SSSR count). The van der Waals surface area contributed by atoms with Crippen LogP contribution in [0.5, 0.6) is 0 Å². The zero-order chi connectivity index (χ0) is 14.0. The number of carbonyl (C=O) groups excluding carboxylic acids is 1. The van der Waals surface area contributed by atoms with E-state index in [0.29, 0.717) is 22.8 Å². The molecule has 0 saturated carbocycles. The SMILES string of the molecule is Cc1cc(C)nc(NC(=O)c2ccc(N)cc2N)c1. The Balaban J connectivity index is 2.25. The van der Waals surface area contributed by atoms with E-state index in [2.05, 4.69) is 10.3 Å². The Morgan fingerprint density at radius 2 is 1.89 bits per heavy atom. The Labute approximate surface area is 111 Å². The van der Waals surface area contributed by atoms with Gasteiger partial charge in [0.15, 0.2) is 0 Å². The Kier molecular flexibility index (Phi) is 3.37. The van der Waals surface area contributed by atoms with Gasteiger partial charge in [-0.05, 0) is 49.7 Å². The van der Waals surface area contributed by atoms with E-state index in [0.717, 1.165) is 11.3 Å². The van der Waals surface area contributed by atoms with Crippen molar-refractivity contribution in [1.82, 2.24) is 4.98 Å². The van der Waals surface area contributed by atoms with Crippen LogP contribution in [0, 0.1) is 13.8 Å². The number of hydrogen-bond donors (Lipinski definition) is 3. The molecule has 0 aliphatic rings. The number of benzene rings is 1. The average molecular weight is 256 g/mol. The van der Waals surface area contributed by atoms with E-state index in [1.165, 1.54) is 0 Å². The van der Waals surface area contributed by atoms with Gasteiger partial charge in [0, 0.05) is 17.1 Å². The summed E-state index contributed by atoms with van der Waals surface area (Å²) in [5.74, 6) is 0.216. The Hall–Kier alpha value is -2.56. The molecule has 0 atom stereocenters. The smallest absolute Gasteiger partial charge is 0.258 e. The molecule has 5 nitrogen and oxygen atoms in total. The van der Waals surface area contributed by atoms with E-state index in [-0.39, 0.29) is 5.91 Å². The van der Waals surface area contributed by atoms with Gasteiger partial charge in [-0.25, -0.2) is 4.98 Å². The summed E-state index contributed by atoms with van der Waals surface area (Å²) in [5.41, 5.74) is 14.5. The molecule has 1 amide bonds. The molecule has 98 valence electrons. The minimum Gasteiger partial charge on any atom is -0.399 e. The first-order valence-electron chi connectivity index (χ1n) is 5.87. The van der Waals surface area contributed by atoms with Crippen molar-refractivity contribution >= 4 is 23.1 Å². The fraction of sp³-hybridized carbons (Fsp3) is 0.143. The first-order chi connectivity index (χ1) is 8.95. The van der Waals surface area contributed by atoms with Crippen molar-refractivity contribution in [1.29, 1.82) is 0 Å². The van der Waals surface area contributed by atoms with E-state index >= 15 is 0 Å². The molecule has 0 aliphatic carbocycles. The molecule has 5 heteroatoms. The predicted octanol–water partition coefficient (Wildman–Crippen LogP) is 2.12. The van der Waals surface area contributed by atoms with Crippen LogP contribution in [0.1, 0.15) is 21.6 Å². The lowest BCUT2D eigenvalue weighted by atomic mass is 10.1. The molecule has 1 aromatic heterocycles. The largest absolute Gasteiger partial charge is 0.399 e. The minimum atomic E-state index is -0.296. The first-order valence-corrected chi connectivity index (χ1v) is 5.87. The van der Waals surface area contributed by atoms with Gasteiger partial charge in [-0.2, -0.15) is 0 Å². The number of aryl methyl sites for hydroxylation is 2. The second-order valence-electron chi connectivity index (χ2n) is 4.47. The van der Waals surface area contributed by atoms with Crippen LogP contribution in [0.4, 0.5) is 17.2 Å². The maximum absolute atomic E-state index is 12.1. The summed E-state index contributed by atoms with van der Waals surface area (Å²) in [7, 11) is 0. The maximum Gasteiger partial charge on any atom is 0.258 e. The van der Waals surface area contributed by atoms with Gasteiger partial charge >= 0.3 is 0 Å². The van der Waals surface area contributed by atoms with Crippen LogP contribution in [0.2, 0.25) is 0 Å². The predicted molar refractivity (Wildman–Crippen MR) is 76.9 cm³/mol. The van der Waals surface area contributed by atoms with Gasteiger partial charge in [-0.15, -0.1) is 0 Å². The third kappa shape index (κ3) is 3.01. The van der Waals surface area contributed by atoms with Crippen LogP contribution in [0.3, 0.4) is 0 Å². The van der Waals surface area contributed by atoms with Crippen molar-refractivity contribution in [2.45, 2.75) is 13.8 Å². The first kappa shape index (κ1) is 12.9. The number of hydrogen-bond acceptors (Lipinski definition) is 4.